The molecule has 1 heterocycles. The molecule has 0 saturated carbocycles. The van der Waals surface area contributed by atoms with Crippen molar-refractivity contribution in [3.63, 3.8) is 0 Å². The first-order valence-corrected chi connectivity index (χ1v) is 6.50. The van der Waals surface area contributed by atoms with Crippen LogP contribution in [0, 0.1) is 0 Å². The van der Waals surface area contributed by atoms with Crippen molar-refractivity contribution >= 4 is 11.0 Å². The Morgan fingerprint density at radius 1 is 1.11 bits per heavy atom. The number of hydrogen-bond acceptors (Lipinski definition) is 2. The van der Waals surface area contributed by atoms with E-state index in [0.29, 0.717) is 12.2 Å². The highest BCUT2D eigenvalue weighted by molar-refractivity contribution is 5.75. The fourth-order valence-electron chi connectivity index (χ4n) is 2.27. The van der Waals surface area contributed by atoms with Crippen molar-refractivity contribution < 1.29 is 5.11 Å². The third-order valence-electron chi connectivity index (χ3n) is 3.29. The van der Waals surface area contributed by atoms with Gasteiger partial charge in [-0.15, -0.1) is 0 Å². The van der Waals surface area contributed by atoms with Crippen molar-refractivity contribution in [1.29, 1.82) is 0 Å². The lowest BCUT2D eigenvalue weighted by molar-refractivity contribution is 0.474. The topological polar surface area (TPSA) is 48.9 Å². The molecule has 0 aliphatic carbocycles. The molecule has 0 saturated heterocycles. The van der Waals surface area contributed by atoms with Gasteiger partial charge in [-0.3, -0.25) is 0 Å². The maximum Gasteiger partial charge on any atom is 0.115 e. The summed E-state index contributed by atoms with van der Waals surface area (Å²) in [6.07, 6.45) is 1.72. The Hall–Kier alpha value is -2.29. The van der Waals surface area contributed by atoms with Crippen LogP contribution >= 0.6 is 0 Å². The molecule has 0 spiro atoms. The van der Waals surface area contributed by atoms with Crippen molar-refractivity contribution in [3.8, 4) is 5.75 Å². The molecule has 3 heteroatoms. The van der Waals surface area contributed by atoms with Crippen LogP contribution in [-0.2, 0) is 12.8 Å². The number of rotatable bonds is 3. The Morgan fingerprint density at radius 2 is 2.00 bits per heavy atom. The van der Waals surface area contributed by atoms with Crippen LogP contribution < -0.4 is 0 Å². The van der Waals surface area contributed by atoms with E-state index in [-0.39, 0.29) is 0 Å². The number of fused-ring (bicyclic) bond motifs is 1. The second kappa shape index (κ2) is 4.76. The second-order valence-electron chi connectivity index (χ2n) is 4.74. The number of aryl methyl sites for hydroxylation is 1. The first-order chi connectivity index (χ1) is 9.24. The summed E-state index contributed by atoms with van der Waals surface area (Å²) in [5.41, 5.74) is 4.43. The number of nitrogens with one attached hydrogen (secondary N) is 1. The fraction of sp³-hybridized carbons (Fsp3) is 0.188. The van der Waals surface area contributed by atoms with Gasteiger partial charge in [-0.05, 0) is 41.8 Å². The average Bonchev–Trinajstić information content (AvgIpc) is 2.79. The van der Waals surface area contributed by atoms with Gasteiger partial charge in [-0.2, -0.15) is 0 Å². The summed E-state index contributed by atoms with van der Waals surface area (Å²) in [6.45, 7) is 2.14. The van der Waals surface area contributed by atoms with Crippen molar-refractivity contribution in [2.75, 3.05) is 0 Å². The molecule has 1 aromatic heterocycles. The lowest BCUT2D eigenvalue weighted by Gasteiger charge is -1.98. The van der Waals surface area contributed by atoms with Gasteiger partial charge in [0.15, 0.2) is 0 Å². The van der Waals surface area contributed by atoms with E-state index < -0.39 is 0 Å². The highest BCUT2D eigenvalue weighted by Crippen LogP contribution is 2.18. The fourth-order valence-corrected chi connectivity index (χ4v) is 2.27. The van der Waals surface area contributed by atoms with Crippen molar-refractivity contribution in [3.05, 3.63) is 59.4 Å². The van der Waals surface area contributed by atoms with Gasteiger partial charge in [-0.25, -0.2) is 4.98 Å². The second-order valence-corrected chi connectivity index (χ2v) is 4.74. The molecule has 0 fully saturated rings. The summed E-state index contributed by atoms with van der Waals surface area (Å²) in [5.74, 6) is 1.22. The predicted molar refractivity (Wildman–Crippen MR) is 76.4 cm³/mol. The minimum atomic E-state index is 0.293. The van der Waals surface area contributed by atoms with Crippen LogP contribution in [0.1, 0.15) is 23.9 Å². The zero-order valence-corrected chi connectivity index (χ0v) is 10.9. The SMILES string of the molecule is CCc1ccc2nc(Cc3cccc(O)c3)[nH]c2c1. The van der Waals surface area contributed by atoms with Gasteiger partial charge in [0.05, 0.1) is 11.0 Å². The Balaban J connectivity index is 1.93. The molecular formula is C16H16N2O. The molecule has 2 N–H and O–H groups in total. The predicted octanol–water partition coefficient (Wildman–Crippen LogP) is 3.42. The molecule has 0 unspecified atom stereocenters. The Labute approximate surface area is 111 Å². The number of aromatic nitrogens is 2. The van der Waals surface area contributed by atoms with E-state index in [4.69, 9.17) is 0 Å². The van der Waals surface area contributed by atoms with Gasteiger partial charge in [0.1, 0.15) is 11.6 Å². The van der Waals surface area contributed by atoms with E-state index in [1.54, 1.807) is 12.1 Å². The van der Waals surface area contributed by atoms with E-state index in [2.05, 4.69) is 35.1 Å². The molecule has 0 atom stereocenters. The molecule has 2 aromatic carbocycles. The van der Waals surface area contributed by atoms with E-state index in [1.807, 2.05) is 12.1 Å². The zero-order valence-electron chi connectivity index (χ0n) is 10.9. The summed E-state index contributed by atoms with van der Waals surface area (Å²) >= 11 is 0. The molecular weight excluding hydrogens is 236 g/mol. The Morgan fingerprint density at radius 3 is 2.79 bits per heavy atom. The molecule has 19 heavy (non-hydrogen) atoms. The molecule has 0 aliphatic heterocycles. The van der Waals surface area contributed by atoms with Crippen molar-refractivity contribution in [2.45, 2.75) is 19.8 Å². The van der Waals surface area contributed by atoms with Crippen molar-refractivity contribution in [1.82, 2.24) is 9.97 Å². The number of phenolic OH excluding ortho intramolecular Hbond substituents is 1. The highest BCUT2D eigenvalue weighted by Gasteiger charge is 2.05. The van der Waals surface area contributed by atoms with E-state index in [1.165, 1.54) is 5.56 Å². The number of H-pyrrole nitrogens is 1. The van der Waals surface area contributed by atoms with E-state index >= 15 is 0 Å². The smallest absolute Gasteiger partial charge is 0.115 e. The summed E-state index contributed by atoms with van der Waals surface area (Å²) in [4.78, 5) is 7.92. The number of aromatic hydroxyl groups is 1. The maximum atomic E-state index is 9.47. The maximum absolute atomic E-state index is 9.47. The molecule has 96 valence electrons. The van der Waals surface area contributed by atoms with Crippen LogP contribution in [0.2, 0.25) is 0 Å². The summed E-state index contributed by atoms with van der Waals surface area (Å²) < 4.78 is 0. The molecule has 0 bridgehead atoms. The number of nitrogens with zero attached hydrogens (tertiary/aromatic N) is 1. The molecule has 3 rings (SSSR count). The largest absolute Gasteiger partial charge is 0.508 e. The Bertz CT molecular complexity index is 716. The van der Waals surface area contributed by atoms with Crippen LogP contribution in [0.3, 0.4) is 0 Å². The first-order valence-electron chi connectivity index (χ1n) is 6.50. The van der Waals surface area contributed by atoms with Crippen LogP contribution in [0.5, 0.6) is 5.75 Å². The van der Waals surface area contributed by atoms with Gasteiger partial charge in [-0.1, -0.05) is 25.1 Å². The standard InChI is InChI=1S/C16H16N2O/c1-2-11-6-7-14-15(9-11)18-16(17-14)10-12-4-3-5-13(19)8-12/h3-9,19H,2,10H2,1H3,(H,17,18). The summed E-state index contributed by atoms with van der Waals surface area (Å²) in [5, 5.41) is 9.47. The monoisotopic (exact) mass is 252 g/mol. The number of imidazole rings is 1. The molecule has 0 aliphatic rings. The van der Waals surface area contributed by atoms with Crippen LogP contribution in [0.15, 0.2) is 42.5 Å². The first kappa shape index (κ1) is 11.8. The number of benzene rings is 2. The van der Waals surface area contributed by atoms with E-state index in [9.17, 15) is 5.11 Å². The van der Waals surface area contributed by atoms with Crippen LogP contribution in [-0.4, -0.2) is 15.1 Å². The number of aromatic amines is 1. The third kappa shape index (κ3) is 2.45. The minimum absolute atomic E-state index is 0.293. The van der Waals surface area contributed by atoms with Crippen molar-refractivity contribution in [2.24, 2.45) is 0 Å². The van der Waals surface area contributed by atoms with Gasteiger partial charge < -0.3 is 10.1 Å². The van der Waals surface area contributed by atoms with E-state index in [0.717, 1.165) is 28.8 Å². The third-order valence-corrected chi connectivity index (χ3v) is 3.29. The molecule has 0 amide bonds. The van der Waals surface area contributed by atoms with Gasteiger partial charge in [0.25, 0.3) is 0 Å². The molecule has 0 radical (unpaired) electrons. The lowest BCUT2D eigenvalue weighted by Crippen LogP contribution is -1.89. The number of phenols is 1. The van der Waals surface area contributed by atoms with Gasteiger partial charge >= 0.3 is 0 Å². The quantitative estimate of drug-likeness (QED) is 0.750. The molecule has 3 aromatic rings. The molecule has 3 nitrogen and oxygen atoms in total. The van der Waals surface area contributed by atoms with Gasteiger partial charge in [0.2, 0.25) is 0 Å². The zero-order chi connectivity index (χ0) is 13.2. The summed E-state index contributed by atoms with van der Waals surface area (Å²) in [6, 6.07) is 13.6. The highest BCUT2D eigenvalue weighted by atomic mass is 16.3. The average molecular weight is 252 g/mol. The Kier molecular flexibility index (Phi) is 2.95. The van der Waals surface area contributed by atoms with Crippen LogP contribution in [0.25, 0.3) is 11.0 Å². The summed E-state index contributed by atoms with van der Waals surface area (Å²) in [7, 11) is 0. The number of hydrogen-bond donors (Lipinski definition) is 2. The normalized spacial score (nSPS) is 11.0. The van der Waals surface area contributed by atoms with Gasteiger partial charge in [0, 0.05) is 6.42 Å². The minimum Gasteiger partial charge on any atom is -0.508 e. The van der Waals surface area contributed by atoms with Crippen LogP contribution in [0.4, 0.5) is 0 Å². The lowest BCUT2D eigenvalue weighted by atomic mass is 10.1.